The van der Waals surface area contributed by atoms with Gasteiger partial charge in [0.2, 0.25) is 0 Å². The summed E-state index contributed by atoms with van der Waals surface area (Å²) in [6.45, 7) is 1.77. The lowest BCUT2D eigenvalue weighted by atomic mass is 10.2. The van der Waals surface area contributed by atoms with Gasteiger partial charge in [-0.25, -0.2) is 4.73 Å². The molecule has 2 rings (SSSR count). The molecule has 0 fully saturated rings. The van der Waals surface area contributed by atoms with E-state index in [1.54, 1.807) is 6.92 Å². The highest BCUT2D eigenvalue weighted by atomic mass is 35.5. The summed E-state index contributed by atoms with van der Waals surface area (Å²) >= 11 is 5.62. The van der Waals surface area contributed by atoms with Gasteiger partial charge < -0.3 is 5.21 Å². The van der Waals surface area contributed by atoms with Crippen molar-refractivity contribution in [3.05, 3.63) is 41.0 Å². The van der Waals surface area contributed by atoms with Gasteiger partial charge in [-0.15, -0.1) is 11.6 Å². The number of benzene rings is 1. The zero-order valence-electron chi connectivity index (χ0n) is 7.70. The van der Waals surface area contributed by atoms with Gasteiger partial charge in [0.25, 0.3) is 0 Å². The molecule has 0 saturated heterocycles. The Kier molecular flexibility index (Phi) is 2.25. The second-order valence-corrected chi connectivity index (χ2v) is 3.33. The summed E-state index contributed by atoms with van der Waals surface area (Å²) in [6.07, 6.45) is 0. The molecule has 14 heavy (non-hydrogen) atoms. The standard InChI is InChI=1S/C10H9ClN2O/c1-7-8-4-2-3-5-9(8)12-10(6-11)13(7)14/h2-5H,6H2,1H3. The lowest BCUT2D eigenvalue weighted by Gasteiger charge is -2.09. The molecule has 0 radical (unpaired) electrons. The molecule has 0 amide bonds. The van der Waals surface area contributed by atoms with Crippen LogP contribution in [-0.2, 0) is 5.88 Å². The van der Waals surface area contributed by atoms with Crippen LogP contribution >= 0.6 is 11.6 Å². The summed E-state index contributed by atoms with van der Waals surface area (Å²) < 4.78 is 0.787. The maximum absolute atomic E-state index is 11.6. The van der Waals surface area contributed by atoms with Gasteiger partial charge in [-0.3, -0.25) is 0 Å². The SMILES string of the molecule is Cc1c2ccccc2nc(CCl)[n+]1[O-]. The molecular formula is C10H9ClN2O. The van der Waals surface area contributed by atoms with Crippen molar-refractivity contribution in [3.63, 3.8) is 0 Å². The minimum Gasteiger partial charge on any atom is -0.711 e. The van der Waals surface area contributed by atoms with Gasteiger partial charge >= 0.3 is 5.82 Å². The Bertz CT molecular complexity index is 485. The summed E-state index contributed by atoms with van der Waals surface area (Å²) in [7, 11) is 0. The molecule has 3 nitrogen and oxygen atoms in total. The third kappa shape index (κ3) is 1.30. The summed E-state index contributed by atoms with van der Waals surface area (Å²) in [5, 5.41) is 12.5. The van der Waals surface area contributed by atoms with Crippen molar-refractivity contribution < 1.29 is 4.73 Å². The van der Waals surface area contributed by atoms with Gasteiger partial charge in [0.15, 0.2) is 5.52 Å². The van der Waals surface area contributed by atoms with Gasteiger partial charge in [0.1, 0.15) is 11.6 Å². The molecule has 0 bridgehead atoms. The molecule has 2 aromatic rings. The van der Waals surface area contributed by atoms with Crippen LogP contribution in [0.5, 0.6) is 0 Å². The predicted octanol–water partition coefficient (Wildman–Crippen LogP) is 1.92. The quantitative estimate of drug-likeness (QED) is 0.408. The maximum atomic E-state index is 11.6. The number of aromatic nitrogens is 2. The Morgan fingerprint density at radius 1 is 1.43 bits per heavy atom. The predicted molar refractivity (Wildman–Crippen MR) is 55.0 cm³/mol. The molecule has 1 heterocycles. The molecule has 0 saturated carbocycles. The van der Waals surface area contributed by atoms with Crippen LogP contribution in [0.1, 0.15) is 11.5 Å². The number of fused-ring (bicyclic) bond motifs is 1. The van der Waals surface area contributed by atoms with E-state index in [-0.39, 0.29) is 5.88 Å². The van der Waals surface area contributed by atoms with E-state index in [0.29, 0.717) is 11.5 Å². The zero-order valence-corrected chi connectivity index (χ0v) is 8.45. The number of aryl methyl sites for hydroxylation is 1. The smallest absolute Gasteiger partial charge is 0.317 e. The Morgan fingerprint density at radius 2 is 2.14 bits per heavy atom. The van der Waals surface area contributed by atoms with E-state index >= 15 is 0 Å². The van der Waals surface area contributed by atoms with Crippen molar-refractivity contribution in [2.45, 2.75) is 12.8 Å². The first-order valence-corrected chi connectivity index (χ1v) is 4.81. The second kappa shape index (κ2) is 3.42. The molecule has 0 spiro atoms. The number of rotatable bonds is 1. The average Bonchev–Trinajstić information content (AvgIpc) is 2.23. The van der Waals surface area contributed by atoms with Crippen LogP contribution in [0.25, 0.3) is 10.9 Å². The first-order valence-electron chi connectivity index (χ1n) is 4.28. The number of hydrogen-bond donors (Lipinski definition) is 0. The molecule has 0 atom stereocenters. The molecule has 0 N–H and O–H groups in total. The highest BCUT2D eigenvalue weighted by molar-refractivity contribution is 6.16. The fourth-order valence-electron chi connectivity index (χ4n) is 1.45. The summed E-state index contributed by atoms with van der Waals surface area (Å²) in [4.78, 5) is 4.17. The number of nitrogens with zero attached hydrogens (tertiary/aromatic N) is 2. The second-order valence-electron chi connectivity index (χ2n) is 3.06. The van der Waals surface area contributed by atoms with E-state index in [0.717, 1.165) is 15.6 Å². The van der Waals surface area contributed by atoms with Crippen LogP contribution in [0, 0.1) is 12.1 Å². The normalized spacial score (nSPS) is 10.7. The summed E-state index contributed by atoms with van der Waals surface area (Å²) in [5.41, 5.74) is 1.46. The molecule has 72 valence electrons. The highest BCUT2D eigenvalue weighted by Gasteiger charge is 2.13. The van der Waals surface area contributed by atoms with E-state index in [9.17, 15) is 5.21 Å². The van der Waals surface area contributed by atoms with E-state index < -0.39 is 0 Å². The zero-order chi connectivity index (χ0) is 10.1. The van der Waals surface area contributed by atoms with Gasteiger partial charge in [-0.2, -0.15) is 0 Å². The number of para-hydroxylation sites is 1. The molecule has 0 aliphatic heterocycles. The van der Waals surface area contributed by atoms with Crippen LogP contribution in [0.15, 0.2) is 24.3 Å². The number of halogens is 1. The third-order valence-electron chi connectivity index (χ3n) is 2.20. The van der Waals surface area contributed by atoms with E-state index in [4.69, 9.17) is 11.6 Å². The van der Waals surface area contributed by atoms with Crippen molar-refractivity contribution in [2.75, 3.05) is 0 Å². The molecule has 0 aliphatic carbocycles. The number of alkyl halides is 1. The highest BCUT2D eigenvalue weighted by Crippen LogP contribution is 2.13. The molecule has 0 aliphatic rings. The Balaban J connectivity index is 2.85. The van der Waals surface area contributed by atoms with Crippen molar-refractivity contribution in [1.29, 1.82) is 0 Å². The van der Waals surface area contributed by atoms with Crippen LogP contribution in [0.2, 0.25) is 0 Å². The minimum absolute atomic E-state index is 0.134. The van der Waals surface area contributed by atoms with Crippen LogP contribution < -0.4 is 4.73 Å². The molecule has 0 unspecified atom stereocenters. The first kappa shape index (κ1) is 9.21. The first-order chi connectivity index (χ1) is 6.74. The summed E-state index contributed by atoms with van der Waals surface area (Å²) in [5.74, 6) is 0.484. The molecule has 4 heteroatoms. The Hall–Kier alpha value is -1.35. The van der Waals surface area contributed by atoms with Crippen molar-refractivity contribution in [1.82, 2.24) is 4.98 Å². The molecule has 1 aromatic carbocycles. The fourth-order valence-corrected chi connectivity index (χ4v) is 1.62. The van der Waals surface area contributed by atoms with Gasteiger partial charge in [0, 0.05) is 0 Å². The van der Waals surface area contributed by atoms with Gasteiger partial charge in [-0.05, 0) is 24.0 Å². The Labute approximate surface area is 86.5 Å². The monoisotopic (exact) mass is 208 g/mol. The maximum Gasteiger partial charge on any atom is 0.317 e. The van der Waals surface area contributed by atoms with E-state index in [1.165, 1.54) is 0 Å². The third-order valence-corrected chi connectivity index (χ3v) is 2.44. The lowest BCUT2D eigenvalue weighted by molar-refractivity contribution is -0.621. The minimum atomic E-state index is 0.134. The van der Waals surface area contributed by atoms with Crippen molar-refractivity contribution in [3.8, 4) is 0 Å². The Morgan fingerprint density at radius 3 is 2.86 bits per heavy atom. The van der Waals surface area contributed by atoms with E-state index in [1.807, 2.05) is 24.3 Å². The number of hydrogen-bond acceptors (Lipinski definition) is 2. The van der Waals surface area contributed by atoms with E-state index in [2.05, 4.69) is 4.98 Å². The van der Waals surface area contributed by atoms with Crippen molar-refractivity contribution >= 4 is 22.5 Å². The fraction of sp³-hybridized carbons (Fsp3) is 0.200. The topological polar surface area (TPSA) is 39.8 Å². The van der Waals surface area contributed by atoms with Crippen LogP contribution in [0.3, 0.4) is 0 Å². The molecule has 1 aromatic heterocycles. The molecular weight excluding hydrogens is 200 g/mol. The van der Waals surface area contributed by atoms with Gasteiger partial charge in [-0.1, -0.05) is 12.1 Å². The van der Waals surface area contributed by atoms with Gasteiger partial charge in [0.05, 0.1) is 5.39 Å². The van der Waals surface area contributed by atoms with Crippen LogP contribution in [0.4, 0.5) is 0 Å². The average molecular weight is 209 g/mol. The summed E-state index contributed by atoms with van der Waals surface area (Å²) in [6, 6.07) is 7.53. The van der Waals surface area contributed by atoms with Crippen LogP contribution in [-0.4, -0.2) is 4.98 Å². The van der Waals surface area contributed by atoms with Crippen molar-refractivity contribution in [2.24, 2.45) is 0 Å². The lowest BCUT2D eigenvalue weighted by Crippen LogP contribution is -2.36. The largest absolute Gasteiger partial charge is 0.711 e.